The Labute approximate surface area is 189 Å². The molecule has 2 aromatic carbocycles. The number of aromatic hydroxyl groups is 4. The summed E-state index contributed by atoms with van der Waals surface area (Å²) < 4.78 is 16.7. The number of nitrogens with zero attached hydrogens (tertiary/aromatic N) is 1. The molecule has 0 amide bonds. The van der Waals surface area contributed by atoms with E-state index in [2.05, 4.69) is 4.90 Å². The minimum atomic E-state index is -0.697. The summed E-state index contributed by atoms with van der Waals surface area (Å²) in [7, 11) is 1.26. The molecule has 1 aliphatic heterocycles. The van der Waals surface area contributed by atoms with Crippen LogP contribution in [0.4, 0.5) is 0 Å². The van der Waals surface area contributed by atoms with Crippen LogP contribution in [0.2, 0.25) is 0 Å². The van der Waals surface area contributed by atoms with Gasteiger partial charge in [-0.1, -0.05) is 0 Å². The maximum absolute atomic E-state index is 12.9. The molecule has 172 valence electrons. The Morgan fingerprint density at radius 1 is 1.00 bits per heavy atom. The number of fused-ring (bicyclic) bond motifs is 1. The first-order chi connectivity index (χ1) is 14.9. The van der Waals surface area contributed by atoms with Gasteiger partial charge in [0.25, 0.3) is 0 Å². The third-order valence-electron chi connectivity index (χ3n) is 5.32. The number of rotatable bonds is 6. The first kappa shape index (κ1) is 23.4. The van der Waals surface area contributed by atoms with Crippen LogP contribution in [0.3, 0.4) is 0 Å². The normalized spacial score (nSPS) is 13.8. The van der Waals surface area contributed by atoms with E-state index in [4.69, 9.17) is 13.9 Å². The molecule has 1 fully saturated rings. The molecule has 0 aliphatic carbocycles. The molecule has 0 atom stereocenters. The summed E-state index contributed by atoms with van der Waals surface area (Å²) in [4.78, 5) is 15.2. The second kappa shape index (κ2) is 9.46. The molecule has 9 nitrogen and oxygen atoms in total. The molecule has 0 unspecified atom stereocenters. The smallest absolute Gasteiger partial charge is 0.239 e. The van der Waals surface area contributed by atoms with Crippen LogP contribution in [0.5, 0.6) is 34.5 Å². The third kappa shape index (κ3) is 4.35. The molecule has 1 saturated heterocycles. The zero-order valence-corrected chi connectivity index (χ0v) is 18.1. The van der Waals surface area contributed by atoms with Crippen molar-refractivity contribution in [2.24, 2.45) is 0 Å². The van der Waals surface area contributed by atoms with Crippen molar-refractivity contribution in [1.29, 1.82) is 0 Å². The summed E-state index contributed by atoms with van der Waals surface area (Å²) in [6.07, 6.45) is 2.35. The number of ether oxygens (including phenoxy) is 2. The number of hydrogen-bond donors (Lipinski definition) is 4. The monoisotopic (exact) mass is 465 g/mol. The van der Waals surface area contributed by atoms with Crippen molar-refractivity contribution in [3.8, 4) is 45.8 Å². The van der Waals surface area contributed by atoms with Gasteiger partial charge in [-0.3, -0.25) is 9.69 Å². The van der Waals surface area contributed by atoms with Gasteiger partial charge in [0.2, 0.25) is 11.2 Å². The predicted molar refractivity (Wildman–Crippen MR) is 120 cm³/mol. The molecule has 3 aromatic rings. The van der Waals surface area contributed by atoms with Gasteiger partial charge in [0.1, 0.15) is 29.1 Å². The molecule has 0 radical (unpaired) electrons. The van der Waals surface area contributed by atoms with Crippen LogP contribution in [0.25, 0.3) is 22.3 Å². The average molecular weight is 466 g/mol. The van der Waals surface area contributed by atoms with Gasteiger partial charge in [-0.25, -0.2) is 0 Å². The largest absolute Gasteiger partial charge is 0.507 e. The van der Waals surface area contributed by atoms with Gasteiger partial charge < -0.3 is 34.3 Å². The Bertz CT molecular complexity index is 1160. The second-order valence-corrected chi connectivity index (χ2v) is 7.37. The number of hydrogen-bond acceptors (Lipinski definition) is 9. The molecule has 32 heavy (non-hydrogen) atoms. The quantitative estimate of drug-likeness (QED) is 0.405. The molecule has 4 rings (SSSR count). The van der Waals surface area contributed by atoms with E-state index in [0.29, 0.717) is 12.4 Å². The van der Waals surface area contributed by atoms with E-state index < -0.39 is 22.7 Å². The average Bonchev–Trinajstić information content (AvgIpc) is 3.24. The standard InChI is InChI=1S/C22H23NO8.ClH/c1-29-22-20(28)18-14(24)10-13(30-7-6-23-4-2-3-5-23)11-17(18)31-21(22)12-8-15(25)19(27)16(26)9-12;/h8-11,24-27H,2-7H2,1H3;1H. The summed E-state index contributed by atoms with van der Waals surface area (Å²) in [6, 6.07) is 5.08. The van der Waals surface area contributed by atoms with Gasteiger partial charge in [-0.05, 0) is 38.1 Å². The van der Waals surface area contributed by atoms with E-state index in [1.165, 1.54) is 32.1 Å². The lowest BCUT2D eigenvalue weighted by atomic mass is 10.1. The van der Waals surface area contributed by atoms with Crippen LogP contribution < -0.4 is 14.9 Å². The van der Waals surface area contributed by atoms with Crippen LogP contribution in [0.1, 0.15) is 12.8 Å². The highest BCUT2D eigenvalue weighted by Gasteiger charge is 2.22. The highest BCUT2D eigenvalue weighted by atomic mass is 35.5. The van der Waals surface area contributed by atoms with E-state index in [-0.39, 0.29) is 46.2 Å². The van der Waals surface area contributed by atoms with Gasteiger partial charge in [-0.2, -0.15) is 0 Å². The predicted octanol–water partition coefficient (Wildman–Crippen LogP) is 3.19. The Balaban J connectivity index is 0.00000289. The molecule has 0 spiro atoms. The van der Waals surface area contributed by atoms with E-state index in [1.807, 2.05) is 0 Å². The summed E-state index contributed by atoms with van der Waals surface area (Å²) in [5.74, 6) is -2.18. The molecule has 1 aliphatic rings. The topological polar surface area (TPSA) is 133 Å². The molecule has 4 N–H and O–H groups in total. The highest BCUT2D eigenvalue weighted by molar-refractivity contribution is 5.88. The Morgan fingerprint density at radius 3 is 2.28 bits per heavy atom. The van der Waals surface area contributed by atoms with E-state index in [0.717, 1.165) is 31.8 Å². The van der Waals surface area contributed by atoms with Crippen LogP contribution >= 0.6 is 12.4 Å². The van der Waals surface area contributed by atoms with Gasteiger partial charge in [0.15, 0.2) is 23.0 Å². The van der Waals surface area contributed by atoms with E-state index in [1.54, 1.807) is 0 Å². The zero-order chi connectivity index (χ0) is 22.1. The van der Waals surface area contributed by atoms with Crippen molar-refractivity contribution >= 4 is 23.4 Å². The second-order valence-electron chi connectivity index (χ2n) is 7.37. The van der Waals surface area contributed by atoms with Crippen molar-refractivity contribution in [3.05, 3.63) is 34.5 Å². The van der Waals surface area contributed by atoms with Crippen molar-refractivity contribution in [2.45, 2.75) is 12.8 Å². The SMILES string of the molecule is COc1c(-c2cc(O)c(O)c(O)c2)oc2cc(OCCN3CCCC3)cc(O)c2c1=O.Cl. The van der Waals surface area contributed by atoms with Crippen molar-refractivity contribution in [3.63, 3.8) is 0 Å². The first-order valence-electron chi connectivity index (χ1n) is 9.87. The van der Waals surface area contributed by atoms with Crippen LogP contribution in [0.15, 0.2) is 33.5 Å². The molecule has 0 bridgehead atoms. The summed E-state index contributed by atoms with van der Waals surface area (Å²) >= 11 is 0. The minimum Gasteiger partial charge on any atom is -0.507 e. The number of methoxy groups -OCH3 is 1. The first-order valence-corrected chi connectivity index (χ1v) is 9.87. The maximum atomic E-state index is 12.9. The van der Waals surface area contributed by atoms with Gasteiger partial charge in [0, 0.05) is 24.2 Å². The number of phenolic OH excluding ortho intramolecular Hbond substituents is 4. The van der Waals surface area contributed by atoms with E-state index in [9.17, 15) is 25.2 Å². The summed E-state index contributed by atoms with van der Waals surface area (Å²) in [6.45, 7) is 3.24. The van der Waals surface area contributed by atoms with Crippen molar-refractivity contribution in [1.82, 2.24) is 4.90 Å². The van der Waals surface area contributed by atoms with Crippen molar-refractivity contribution in [2.75, 3.05) is 33.4 Å². The zero-order valence-electron chi connectivity index (χ0n) is 17.3. The molecular weight excluding hydrogens is 442 g/mol. The van der Waals surface area contributed by atoms with Crippen molar-refractivity contribution < 1.29 is 34.3 Å². The lowest BCUT2D eigenvalue weighted by Crippen LogP contribution is -2.25. The Kier molecular flexibility index (Phi) is 6.90. The maximum Gasteiger partial charge on any atom is 0.239 e. The molecular formula is C22H24ClNO8. The van der Waals surface area contributed by atoms with Crippen LogP contribution in [-0.4, -0.2) is 58.7 Å². The van der Waals surface area contributed by atoms with Gasteiger partial charge in [-0.15, -0.1) is 12.4 Å². The summed E-state index contributed by atoms with van der Waals surface area (Å²) in [5, 5.41) is 39.6. The molecule has 2 heterocycles. The highest BCUT2D eigenvalue weighted by Crippen LogP contribution is 2.42. The molecule has 1 aromatic heterocycles. The van der Waals surface area contributed by atoms with Crippen LogP contribution in [-0.2, 0) is 0 Å². The fourth-order valence-corrected chi connectivity index (χ4v) is 3.75. The minimum absolute atomic E-state index is 0. The number of benzene rings is 2. The number of phenols is 4. The molecule has 10 heteroatoms. The van der Waals surface area contributed by atoms with E-state index >= 15 is 0 Å². The number of halogens is 1. The lowest BCUT2D eigenvalue weighted by molar-refractivity contribution is 0.237. The Morgan fingerprint density at radius 2 is 1.66 bits per heavy atom. The third-order valence-corrected chi connectivity index (χ3v) is 5.32. The Hall–Kier alpha value is -3.30. The fraction of sp³-hybridized carbons (Fsp3) is 0.318. The number of likely N-dealkylation sites (tertiary alicyclic amines) is 1. The molecule has 0 saturated carbocycles. The lowest BCUT2D eigenvalue weighted by Gasteiger charge is -2.15. The van der Waals surface area contributed by atoms with Crippen LogP contribution in [0, 0.1) is 0 Å². The van der Waals surface area contributed by atoms with Gasteiger partial charge >= 0.3 is 0 Å². The fourth-order valence-electron chi connectivity index (χ4n) is 3.75. The van der Waals surface area contributed by atoms with Gasteiger partial charge in [0.05, 0.1) is 7.11 Å². The summed E-state index contributed by atoms with van der Waals surface area (Å²) in [5.41, 5.74) is -0.487.